The first-order valence-electron chi connectivity index (χ1n) is 11.3. The number of rotatable bonds is 7. The molecule has 10 heteroatoms. The highest BCUT2D eigenvalue weighted by Gasteiger charge is 2.38. The van der Waals surface area contributed by atoms with Crippen LogP contribution < -0.4 is 16.6 Å². The minimum absolute atomic E-state index is 0.0607. The lowest BCUT2D eigenvalue weighted by atomic mass is 9.99. The molecule has 2 aromatic carbocycles. The van der Waals surface area contributed by atoms with Crippen LogP contribution in [0.5, 0.6) is 0 Å². The van der Waals surface area contributed by atoms with Gasteiger partial charge in [0.1, 0.15) is 0 Å². The first-order valence-corrected chi connectivity index (χ1v) is 11.3. The number of nitrogens with one attached hydrogen (secondary N) is 2. The number of hydrogen-bond acceptors (Lipinski definition) is 4. The molecular weight excluding hydrogens is 461 g/mol. The zero-order chi connectivity index (χ0) is 25.0. The average molecular weight is 486 g/mol. The molecule has 0 bridgehead atoms. The lowest BCUT2D eigenvalue weighted by Gasteiger charge is -2.26. The van der Waals surface area contributed by atoms with E-state index >= 15 is 0 Å². The smallest absolute Gasteiger partial charge is 0.318 e. The number of H-pyrrole nitrogens is 1. The molecule has 0 spiro atoms. The van der Waals surface area contributed by atoms with Crippen molar-refractivity contribution < 1.29 is 18.0 Å². The van der Waals surface area contributed by atoms with Crippen molar-refractivity contribution >= 4 is 28.1 Å². The van der Waals surface area contributed by atoms with E-state index in [1.54, 1.807) is 5.32 Å². The van der Waals surface area contributed by atoms with Crippen LogP contribution in [0.3, 0.4) is 0 Å². The van der Waals surface area contributed by atoms with Crippen LogP contribution in [0.15, 0.2) is 64.2 Å². The molecule has 184 valence electrons. The minimum atomic E-state index is -5.04. The van der Waals surface area contributed by atoms with E-state index in [9.17, 15) is 27.6 Å². The Morgan fingerprint density at radius 2 is 1.77 bits per heavy atom. The summed E-state index contributed by atoms with van der Waals surface area (Å²) in [6, 6.07) is 13.9. The third-order valence-corrected chi connectivity index (χ3v) is 6.04. The predicted molar refractivity (Wildman–Crippen MR) is 128 cm³/mol. The van der Waals surface area contributed by atoms with Crippen LogP contribution in [-0.4, -0.2) is 46.2 Å². The average Bonchev–Trinajstić information content (AvgIpc) is 2.83. The van der Waals surface area contributed by atoms with Crippen LogP contribution in [-0.2, 0) is 11.3 Å². The lowest BCUT2D eigenvalue weighted by molar-refractivity contribution is -0.167. The van der Waals surface area contributed by atoms with Crippen LogP contribution >= 0.6 is 0 Å². The molecule has 2 N–H and O–H groups in total. The molecule has 0 aliphatic carbocycles. The van der Waals surface area contributed by atoms with Gasteiger partial charge >= 0.3 is 17.8 Å². The minimum Gasteiger partial charge on any atom is -0.318 e. The Balaban J connectivity index is 1.34. The molecule has 1 amide bonds. The number of nitrogens with zero attached hydrogens (tertiary/aromatic N) is 2. The summed E-state index contributed by atoms with van der Waals surface area (Å²) in [5.41, 5.74) is 1.32. The summed E-state index contributed by atoms with van der Waals surface area (Å²) < 4.78 is 38.5. The Labute approximate surface area is 198 Å². The Bertz CT molecular complexity index is 1360. The standard InChI is InChI=1S/C25H25F3N4O3/c26-25(27,28)23(34)29-19-8-9-20-21(16-19)30-24(35)32(22(20)33)13-5-4-12-31-14-10-18(11-15-31)17-6-2-1-3-7-17/h1-3,6-10,16H,4-5,11-15H2,(H,29,34)(H,30,35). The van der Waals surface area contributed by atoms with E-state index < -0.39 is 23.3 Å². The number of aromatic nitrogens is 2. The Morgan fingerprint density at radius 1 is 1.03 bits per heavy atom. The van der Waals surface area contributed by atoms with Crippen molar-refractivity contribution in [2.24, 2.45) is 0 Å². The molecule has 7 nitrogen and oxygen atoms in total. The van der Waals surface area contributed by atoms with Gasteiger partial charge in [-0.1, -0.05) is 36.4 Å². The largest absolute Gasteiger partial charge is 0.471 e. The second-order valence-corrected chi connectivity index (χ2v) is 8.45. The number of alkyl halides is 3. The number of fused-ring (bicyclic) bond motifs is 1. The Hall–Kier alpha value is -3.66. The van der Waals surface area contributed by atoms with Gasteiger partial charge in [0.15, 0.2) is 0 Å². The molecule has 0 saturated heterocycles. The van der Waals surface area contributed by atoms with Crippen molar-refractivity contribution in [1.82, 2.24) is 14.5 Å². The van der Waals surface area contributed by atoms with E-state index in [0.29, 0.717) is 6.42 Å². The molecule has 1 aromatic heterocycles. The van der Waals surface area contributed by atoms with Gasteiger partial charge in [0.25, 0.3) is 5.56 Å². The topological polar surface area (TPSA) is 87.2 Å². The predicted octanol–water partition coefficient (Wildman–Crippen LogP) is 3.76. The summed E-state index contributed by atoms with van der Waals surface area (Å²) in [5, 5.41) is 1.87. The highest BCUT2D eigenvalue weighted by atomic mass is 19.4. The fourth-order valence-corrected chi connectivity index (χ4v) is 4.17. The highest BCUT2D eigenvalue weighted by molar-refractivity contribution is 5.96. The van der Waals surface area contributed by atoms with Gasteiger partial charge in [0, 0.05) is 25.3 Å². The van der Waals surface area contributed by atoms with Crippen molar-refractivity contribution in [1.29, 1.82) is 0 Å². The molecule has 1 aliphatic rings. The fourth-order valence-electron chi connectivity index (χ4n) is 4.17. The molecule has 0 fully saturated rings. The zero-order valence-corrected chi connectivity index (χ0v) is 18.9. The number of halogens is 3. The first kappa shape index (κ1) is 24.5. The van der Waals surface area contributed by atoms with Crippen molar-refractivity contribution in [2.75, 3.05) is 25.0 Å². The quantitative estimate of drug-likeness (QED) is 0.498. The van der Waals surface area contributed by atoms with E-state index in [1.165, 1.54) is 23.3 Å². The first-order chi connectivity index (χ1) is 16.7. The summed E-state index contributed by atoms with van der Waals surface area (Å²) >= 11 is 0. The van der Waals surface area contributed by atoms with Crippen molar-refractivity contribution in [2.45, 2.75) is 32.0 Å². The zero-order valence-electron chi connectivity index (χ0n) is 18.9. The number of hydrogen-bond donors (Lipinski definition) is 2. The summed E-state index contributed by atoms with van der Waals surface area (Å²) in [6.45, 7) is 2.88. The van der Waals surface area contributed by atoms with Crippen LogP contribution in [0.2, 0.25) is 0 Å². The molecule has 35 heavy (non-hydrogen) atoms. The number of unbranched alkanes of at least 4 members (excludes halogenated alkanes) is 1. The number of benzene rings is 2. The van der Waals surface area contributed by atoms with Gasteiger partial charge < -0.3 is 10.3 Å². The molecule has 0 saturated carbocycles. The summed E-state index contributed by atoms with van der Waals surface area (Å²) in [4.78, 5) is 41.2. The number of anilines is 1. The molecule has 4 rings (SSSR count). The normalized spacial score (nSPS) is 14.7. The molecule has 2 heterocycles. The lowest BCUT2D eigenvalue weighted by Crippen LogP contribution is -2.35. The van der Waals surface area contributed by atoms with Gasteiger partial charge in [-0.2, -0.15) is 13.2 Å². The maximum Gasteiger partial charge on any atom is 0.471 e. The third-order valence-electron chi connectivity index (χ3n) is 6.04. The van der Waals surface area contributed by atoms with Crippen molar-refractivity contribution in [3.63, 3.8) is 0 Å². The maximum absolute atomic E-state index is 12.8. The van der Waals surface area contributed by atoms with Gasteiger partial charge in [-0.25, -0.2) is 4.79 Å². The molecular formula is C25H25F3N4O3. The fraction of sp³-hybridized carbons (Fsp3) is 0.320. The van der Waals surface area contributed by atoms with E-state index in [2.05, 4.69) is 28.1 Å². The molecule has 1 aliphatic heterocycles. The summed E-state index contributed by atoms with van der Waals surface area (Å²) in [7, 11) is 0. The number of aromatic amines is 1. The van der Waals surface area contributed by atoms with Crippen LogP contribution in [0, 0.1) is 0 Å². The maximum atomic E-state index is 12.8. The number of carbonyl (C=O) groups is 1. The van der Waals surface area contributed by atoms with Crippen LogP contribution in [0.4, 0.5) is 18.9 Å². The monoisotopic (exact) mass is 486 g/mol. The van der Waals surface area contributed by atoms with Crippen molar-refractivity contribution in [3.8, 4) is 0 Å². The third kappa shape index (κ3) is 5.89. The van der Waals surface area contributed by atoms with E-state index in [0.717, 1.165) is 43.1 Å². The van der Waals surface area contributed by atoms with Gasteiger partial charge in [-0.3, -0.25) is 19.1 Å². The molecule has 0 atom stereocenters. The van der Waals surface area contributed by atoms with Gasteiger partial charge in [-0.15, -0.1) is 0 Å². The molecule has 0 radical (unpaired) electrons. The molecule has 0 unspecified atom stereocenters. The SMILES string of the molecule is O=C(Nc1ccc2c(=O)n(CCCCN3CC=C(c4ccccc4)CC3)c(=O)[nH]c2c1)C(F)(F)F. The van der Waals surface area contributed by atoms with Gasteiger partial charge in [0.2, 0.25) is 0 Å². The van der Waals surface area contributed by atoms with Crippen LogP contribution in [0.1, 0.15) is 24.8 Å². The number of amides is 1. The Kier molecular flexibility index (Phi) is 7.20. The Morgan fingerprint density at radius 3 is 2.46 bits per heavy atom. The summed E-state index contributed by atoms with van der Waals surface area (Å²) in [5.74, 6) is -2.13. The van der Waals surface area contributed by atoms with Crippen LogP contribution in [0.25, 0.3) is 16.5 Å². The van der Waals surface area contributed by atoms with E-state index in [-0.39, 0.29) is 23.1 Å². The molecule has 3 aromatic rings. The second-order valence-electron chi connectivity index (χ2n) is 8.45. The highest BCUT2D eigenvalue weighted by Crippen LogP contribution is 2.22. The van der Waals surface area contributed by atoms with Gasteiger partial charge in [0.05, 0.1) is 10.9 Å². The van der Waals surface area contributed by atoms with Gasteiger partial charge in [-0.05, 0) is 55.1 Å². The number of carbonyl (C=O) groups excluding carboxylic acids is 1. The van der Waals surface area contributed by atoms with E-state index in [4.69, 9.17) is 0 Å². The summed E-state index contributed by atoms with van der Waals surface area (Å²) in [6.07, 6.45) is -0.400. The second kappa shape index (κ2) is 10.3. The van der Waals surface area contributed by atoms with E-state index in [1.807, 2.05) is 18.2 Å². The van der Waals surface area contributed by atoms with Crippen molar-refractivity contribution in [3.05, 3.63) is 81.0 Å².